The predicted octanol–water partition coefficient (Wildman–Crippen LogP) is 5.58. The van der Waals surface area contributed by atoms with Gasteiger partial charge in [0.25, 0.3) is 0 Å². The number of carboxylic acid groups (broad SMARTS) is 1. The van der Waals surface area contributed by atoms with Crippen molar-refractivity contribution >= 4 is 17.9 Å². The summed E-state index contributed by atoms with van der Waals surface area (Å²) in [6.07, 6.45) is -0.666. The van der Waals surface area contributed by atoms with E-state index < -0.39 is 23.3 Å². The van der Waals surface area contributed by atoms with Gasteiger partial charge in [0.15, 0.2) is 5.60 Å². The number of hydrogen-bond donors (Lipinski definition) is 2. The van der Waals surface area contributed by atoms with Crippen LogP contribution in [0.1, 0.15) is 50.7 Å². The van der Waals surface area contributed by atoms with Gasteiger partial charge in [0.2, 0.25) is 11.9 Å². The molecular formula is C29H34F3N5O5. The van der Waals surface area contributed by atoms with E-state index in [1.807, 2.05) is 0 Å². The van der Waals surface area contributed by atoms with Crippen molar-refractivity contribution in [2.45, 2.75) is 57.9 Å². The molecule has 2 aromatic carbocycles. The second-order valence-electron chi connectivity index (χ2n) is 10.3. The highest BCUT2D eigenvalue weighted by Gasteiger charge is 2.30. The Kier molecular flexibility index (Phi) is 9.92. The van der Waals surface area contributed by atoms with Gasteiger partial charge in [0.1, 0.15) is 11.5 Å². The molecule has 2 N–H and O–H groups in total. The number of alkyl halides is 3. The fourth-order valence-corrected chi connectivity index (χ4v) is 4.07. The molecule has 0 amide bonds. The van der Waals surface area contributed by atoms with Gasteiger partial charge in [0, 0.05) is 26.1 Å². The quantitative estimate of drug-likeness (QED) is 0.245. The lowest BCUT2D eigenvalue weighted by Crippen LogP contribution is -2.37. The average molecular weight is 590 g/mol. The van der Waals surface area contributed by atoms with Crippen molar-refractivity contribution in [3.05, 3.63) is 59.7 Å². The second kappa shape index (κ2) is 13.6. The van der Waals surface area contributed by atoms with E-state index in [-0.39, 0.29) is 25.1 Å². The molecule has 1 fully saturated rings. The molecule has 13 heteroatoms. The Balaban J connectivity index is 1.31. The number of rotatable bonds is 13. The number of aromatic nitrogens is 3. The standard InChI is InChI=1S/C29H34F3N5O5/c1-28(2,24(38)39)42-23-13-11-22(12-14-23)40-17-6-18-41-27-35-25(34-26(36-27)37-15-4-3-5-16-37)33-19-20-7-9-21(10-8-20)29(30,31)32/h7-14H,3-6,15-19H2,1-2H3,(H,38,39)(H,33,34,35,36). The number of hydrogen-bond acceptors (Lipinski definition) is 9. The van der Waals surface area contributed by atoms with Crippen molar-refractivity contribution in [2.24, 2.45) is 0 Å². The van der Waals surface area contributed by atoms with E-state index >= 15 is 0 Å². The van der Waals surface area contributed by atoms with Gasteiger partial charge in [-0.2, -0.15) is 28.1 Å². The Bertz CT molecular complexity index is 1310. The smallest absolute Gasteiger partial charge is 0.416 e. The van der Waals surface area contributed by atoms with E-state index in [4.69, 9.17) is 14.2 Å². The van der Waals surface area contributed by atoms with Gasteiger partial charge < -0.3 is 29.5 Å². The molecule has 10 nitrogen and oxygen atoms in total. The van der Waals surface area contributed by atoms with Gasteiger partial charge in [-0.15, -0.1) is 0 Å². The largest absolute Gasteiger partial charge is 0.493 e. The summed E-state index contributed by atoms with van der Waals surface area (Å²) in [5, 5.41) is 12.3. The number of anilines is 2. The summed E-state index contributed by atoms with van der Waals surface area (Å²) in [4.78, 5) is 26.6. The average Bonchev–Trinajstić information content (AvgIpc) is 2.97. The minimum atomic E-state index is -4.39. The molecule has 0 atom stereocenters. The molecule has 0 spiro atoms. The first-order valence-corrected chi connectivity index (χ1v) is 13.7. The minimum Gasteiger partial charge on any atom is -0.493 e. The van der Waals surface area contributed by atoms with Gasteiger partial charge in [-0.05, 0) is 75.1 Å². The third-order valence-electron chi connectivity index (χ3n) is 6.47. The van der Waals surface area contributed by atoms with Gasteiger partial charge >= 0.3 is 18.2 Å². The molecule has 4 rings (SSSR count). The van der Waals surface area contributed by atoms with Gasteiger partial charge in [-0.1, -0.05) is 12.1 Å². The Morgan fingerprint density at radius 1 is 0.905 bits per heavy atom. The maximum atomic E-state index is 12.9. The zero-order valence-electron chi connectivity index (χ0n) is 23.5. The number of nitrogens with zero attached hydrogens (tertiary/aromatic N) is 4. The summed E-state index contributed by atoms with van der Waals surface area (Å²) < 4.78 is 55.6. The van der Waals surface area contributed by atoms with E-state index in [1.54, 1.807) is 24.3 Å². The first-order valence-electron chi connectivity index (χ1n) is 13.7. The van der Waals surface area contributed by atoms with Crippen molar-refractivity contribution < 1.29 is 37.3 Å². The number of nitrogens with one attached hydrogen (secondary N) is 1. The van der Waals surface area contributed by atoms with E-state index in [9.17, 15) is 23.1 Å². The highest BCUT2D eigenvalue weighted by atomic mass is 19.4. The van der Waals surface area contributed by atoms with Crippen LogP contribution in [0, 0.1) is 0 Å². The van der Waals surface area contributed by atoms with Crippen LogP contribution in [0.3, 0.4) is 0 Å². The van der Waals surface area contributed by atoms with Crippen LogP contribution in [0.2, 0.25) is 0 Å². The molecule has 0 unspecified atom stereocenters. The molecule has 3 aromatic rings. The summed E-state index contributed by atoms with van der Waals surface area (Å²) in [6.45, 7) is 5.42. The lowest BCUT2D eigenvalue weighted by Gasteiger charge is -2.26. The van der Waals surface area contributed by atoms with Crippen molar-refractivity contribution in [1.82, 2.24) is 15.0 Å². The van der Waals surface area contributed by atoms with Crippen molar-refractivity contribution in [2.75, 3.05) is 36.5 Å². The highest BCUT2D eigenvalue weighted by Crippen LogP contribution is 2.29. The maximum Gasteiger partial charge on any atom is 0.416 e. The maximum absolute atomic E-state index is 12.9. The third-order valence-corrected chi connectivity index (χ3v) is 6.47. The summed E-state index contributed by atoms with van der Waals surface area (Å²) in [7, 11) is 0. The number of benzene rings is 2. The summed E-state index contributed by atoms with van der Waals surface area (Å²) in [5.74, 6) is 0.702. The molecule has 1 aliphatic rings. The zero-order valence-corrected chi connectivity index (χ0v) is 23.5. The minimum absolute atomic E-state index is 0.142. The number of carboxylic acids is 1. The van der Waals surface area contributed by atoms with Gasteiger partial charge in [-0.25, -0.2) is 4.79 Å². The highest BCUT2D eigenvalue weighted by molar-refractivity contribution is 5.76. The summed E-state index contributed by atoms with van der Waals surface area (Å²) >= 11 is 0. The fourth-order valence-electron chi connectivity index (χ4n) is 4.07. The Morgan fingerprint density at radius 3 is 2.19 bits per heavy atom. The SMILES string of the molecule is CC(C)(Oc1ccc(OCCCOc2nc(NCc3ccc(C(F)(F)F)cc3)nc(N3CCCCC3)n2)cc1)C(=O)O. The molecule has 1 saturated heterocycles. The van der Waals surface area contributed by atoms with E-state index in [2.05, 4.69) is 25.2 Å². The molecule has 1 aliphatic heterocycles. The second-order valence-corrected chi connectivity index (χ2v) is 10.3. The van der Waals surface area contributed by atoms with Crippen LogP contribution in [0.4, 0.5) is 25.1 Å². The van der Waals surface area contributed by atoms with Crippen LogP contribution in [0.5, 0.6) is 17.5 Å². The first kappa shape index (κ1) is 30.7. The monoisotopic (exact) mass is 589 g/mol. The molecule has 2 heterocycles. The molecule has 42 heavy (non-hydrogen) atoms. The molecule has 0 aliphatic carbocycles. The van der Waals surface area contributed by atoms with E-state index in [0.29, 0.717) is 36.0 Å². The molecule has 1 aromatic heterocycles. The van der Waals surface area contributed by atoms with Crippen molar-refractivity contribution in [3.63, 3.8) is 0 Å². The summed E-state index contributed by atoms with van der Waals surface area (Å²) in [6, 6.07) is 11.7. The van der Waals surface area contributed by atoms with Crippen molar-refractivity contribution in [1.29, 1.82) is 0 Å². The normalized spacial score (nSPS) is 13.9. The fraction of sp³-hybridized carbons (Fsp3) is 0.448. The molecule has 0 radical (unpaired) electrons. The van der Waals surface area contributed by atoms with Crippen molar-refractivity contribution in [3.8, 4) is 17.5 Å². The molecule has 0 saturated carbocycles. The lowest BCUT2D eigenvalue weighted by atomic mass is 10.1. The van der Waals surface area contributed by atoms with Crippen LogP contribution in [-0.4, -0.2) is 57.9 Å². The van der Waals surface area contributed by atoms with Crippen LogP contribution in [0.15, 0.2) is 48.5 Å². The van der Waals surface area contributed by atoms with E-state index in [0.717, 1.165) is 44.5 Å². The number of piperidine rings is 1. The van der Waals surface area contributed by atoms with E-state index in [1.165, 1.54) is 26.0 Å². The van der Waals surface area contributed by atoms with Crippen LogP contribution in [-0.2, 0) is 17.5 Å². The van der Waals surface area contributed by atoms with Gasteiger partial charge in [0.05, 0.1) is 18.8 Å². The topological polar surface area (TPSA) is 119 Å². The third kappa shape index (κ3) is 8.85. The predicted molar refractivity (Wildman–Crippen MR) is 149 cm³/mol. The Morgan fingerprint density at radius 2 is 1.55 bits per heavy atom. The molecule has 226 valence electrons. The van der Waals surface area contributed by atoms with Gasteiger partial charge in [-0.3, -0.25) is 0 Å². The molecule has 0 bridgehead atoms. The summed E-state index contributed by atoms with van der Waals surface area (Å²) in [5.41, 5.74) is -1.41. The number of carbonyl (C=O) groups is 1. The van der Waals surface area contributed by atoms with Crippen LogP contribution in [0.25, 0.3) is 0 Å². The molecular weight excluding hydrogens is 555 g/mol. The van der Waals surface area contributed by atoms with Crippen LogP contribution < -0.4 is 24.4 Å². The zero-order chi connectivity index (χ0) is 30.2. The lowest BCUT2D eigenvalue weighted by molar-refractivity contribution is -0.152. The Hall–Kier alpha value is -4.29. The Labute approximate surface area is 241 Å². The first-order chi connectivity index (χ1) is 20.0. The van der Waals surface area contributed by atoms with Crippen LogP contribution >= 0.6 is 0 Å². The number of aliphatic carboxylic acids is 1. The number of ether oxygens (including phenoxy) is 3. The number of halogens is 3.